The van der Waals surface area contributed by atoms with E-state index < -0.39 is 11.9 Å². The molecular weight excluding hydrogens is 274 g/mol. The van der Waals surface area contributed by atoms with E-state index in [4.69, 9.17) is 5.11 Å². The molecule has 7 heteroatoms. The lowest BCUT2D eigenvalue weighted by atomic mass is 10.2. The highest BCUT2D eigenvalue weighted by molar-refractivity contribution is 5.96. The fraction of sp³-hybridized carbons (Fsp3) is 0.429. The van der Waals surface area contributed by atoms with Crippen LogP contribution < -0.4 is 0 Å². The molecule has 21 heavy (non-hydrogen) atoms. The number of aromatic nitrogens is 1. The Morgan fingerprint density at radius 3 is 2.33 bits per heavy atom. The normalized spacial score (nSPS) is 10.0. The number of aromatic carboxylic acids is 1. The fourth-order valence-corrected chi connectivity index (χ4v) is 1.66. The van der Waals surface area contributed by atoms with E-state index in [1.807, 2.05) is 6.92 Å². The number of carboxylic acids is 1. The maximum Gasteiger partial charge on any atom is 0.354 e. The van der Waals surface area contributed by atoms with E-state index in [1.54, 1.807) is 14.1 Å². The molecule has 0 spiro atoms. The van der Waals surface area contributed by atoms with Crippen molar-refractivity contribution in [3.63, 3.8) is 0 Å². The largest absolute Gasteiger partial charge is 0.477 e. The van der Waals surface area contributed by atoms with E-state index in [-0.39, 0.29) is 23.8 Å². The molecule has 1 aromatic heterocycles. The van der Waals surface area contributed by atoms with Crippen molar-refractivity contribution in [3.05, 3.63) is 29.6 Å². The summed E-state index contributed by atoms with van der Waals surface area (Å²) in [6.07, 6.45) is 0.686. The summed E-state index contributed by atoms with van der Waals surface area (Å²) in [7, 11) is 3.22. The van der Waals surface area contributed by atoms with Gasteiger partial charge in [-0.05, 0) is 18.6 Å². The van der Waals surface area contributed by atoms with Gasteiger partial charge < -0.3 is 14.9 Å². The molecule has 0 aromatic carbocycles. The molecule has 7 nitrogen and oxygen atoms in total. The molecule has 1 aromatic rings. The van der Waals surface area contributed by atoms with E-state index >= 15 is 0 Å². The van der Waals surface area contributed by atoms with E-state index in [2.05, 4.69) is 4.98 Å². The number of amides is 2. The number of nitrogens with zero attached hydrogens (tertiary/aromatic N) is 3. The van der Waals surface area contributed by atoms with Crippen LogP contribution >= 0.6 is 0 Å². The van der Waals surface area contributed by atoms with Crippen molar-refractivity contribution in [1.82, 2.24) is 14.8 Å². The molecule has 1 rings (SSSR count). The molecule has 0 aliphatic rings. The lowest BCUT2D eigenvalue weighted by molar-refractivity contribution is -0.129. The third kappa shape index (κ3) is 4.55. The van der Waals surface area contributed by atoms with Crippen molar-refractivity contribution in [2.75, 3.05) is 27.2 Å². The number of pyridine rings is 1. The molecule has 0 fully saturated rings. The minimum absolute atomic E-state index is 0.0231. The van der Waals surface area contributed by atoms with Crippen LogP contribution in [-0.4, -0.2) is 64.9 Å². The number of carbonyl (C=O) groups is 3. The predicted octanol–water partition coefficient (Wildman–Crippen LogP) is 0.720. The smallest absolute Gasteiger partial charge is 0.354 e. The molecule has 114 valence electrons. The maximum atomic E-state index is 12.4. The van der Waals surface area contributed by atoms with Gasteiger partial charge in [0.1, 0.15) is 17.9 Å². The SMILES string of the molecule is CCCN(CC(=O)N(C)C)C(=O)c1cccc(C(=O)O)n1. The maximum absolute atomic E-state index is 12.4. The summed E-state index contributed by atoms with van der Waals surface area (Å²) in [5, 5.41) is 8.90. The summed E-state index contributed by atoms with van der Waals surface area (Å²) in [5.41, 5.74) is -0.175. The predicted molar refractivity (Wildman–Crippen MR) is 76.1 cm³/mol. The van der Waals surface area contributed by atoms with Crippen molar-refractivity contribution in [1.29, 1.82) is 0 Å². The molecule has 0 radical (unpaired) electrons. The van der Waals surface area contributed by atoms with Crippen LogP contribution in [0.2, 0.25) is 0 Å². The Kier molecular flexibility index (Phi) is 5.83. The average molecular weight is 293 g/mol. The van der Waals surface area contributed by atoms with E-state index in [0.717, 1.165) is 0 Å². The van der Waals surface area contributed by atoms with Gasteiger partial charge in [0, 0.05) is 20.6 Å². The summed E-state index contributed by atoms with van der Waals surface area (Å²) < 4.78 is 0. The first-order valence-corrected chi connectivity index (χ1v) is 6.56. The van der Waals surface area contributed by atoms with Crippen molar-refractivity contribution < 1.29 is 19.5 Å². The monoisotopic (exact) mass is 293 g/mol. The molecule has 0 aliphatic heterocycles. The minimum Gasteiger partial charge on any atom is -0.477 e. The molecule has 0 unspecified atom stereocenters. The Labute approximate surface area is 123 Å². The zero-order valence-electron chi connectivity index (χ0n) is 12.4. The van der Waals surface area contributed by atoms with Crippen LogP contribution in [-0.2, 0) is 4.79 Å². The molecule has 1 N–H and O–H groups in total. The number of hydrogen-bond donors (Lipinski definition) is 1. The van der Waals surface area contributed by atoms with Gasteiger partial charge in [-0.2, -0.15) is 0 Å². The fourth-order valence-electron chi connectivity index (χ4n) is 1.66. The Bertz CT molecular complexity index is 543. The summed E-state index contributed by atoms with van der Waals surface area (Å²) in [6, 6.07) is 4.22. The van der Waals surface area contributed by atoms with Crippen LogP contribution in [0, 0.1) is 0 Å². The molecule has 0 saturated heterocycles. The second-order valence-electron chi connectivity index (χ2n) is 4.73. The average Bonchev–Trinajstić information content (AvgIpc) is 2.45. The van der Waals surface area contributed by atoms with Gasteiger partial charge in [-0.3, -0.25) is 9.59 Å². The van der Waals surface area contributed by atoms with Crippen LogP contribution in [0.4, 0.5) is 0 Å². The number of rotatable bonds is 6. The number of hydrogen-bond acceptors (Lipinski definition) is 4. The summed E-state index contributed by atoms with van der Waals surface area (Å²) >= 11 is 0. The standard InChI is InChI=1S/C14H19N3O4/c1-4-8-17(9-12(18)16(2)3)13(19)10-6-5-7-11(15-10)14(20)21/h5-7H,4,8-9H2,1-3H3,(H,20,21). The molecule has 2 amide bonds. The number of carbonyl (C=O) groups excluding carboxylic acids is 2. The molecule has 0 aliphatic carbocycles. The highest BCUT2D eigenvalue weighted by Gasteiger charge is 2.21. The van der Waals surface area contributed by atoms with Gasteiger partial charge in [-0.15, -0.1) is 0 Å². The van der Waals surface area contributed by atoms with Gasteiger partial charge in [0.15, 0.2) is 0 Å². The molecule has 0 saturated carbocycles. The summed E-state index contributed by atoms with van der Waals surface area (Å²) in [6.45, 7) is 2.23. The van der Waals surface area contributed by atoms with E-state index in [0.29, 0.717) is 13.0 Å². The summed E-state index contributed by atoms with van der Waals surface area (Å²) in [5.74, 6) is -1.85. The first-order chi connectivity index (χ1) is 9.86. The van der Waals surface area contributed by atoms with Crippen LogP contribution in [0.3, 0.4) is 0 Å². The van der Waals surface area contributed by atoms with E-state index in [9.17, 15) is 14.4 Å². The highest BCUT2D eigenvalue weighted by Crippen LogP contribution is 2.06. The zero-order valence-corrected chi connectivity index (χ0v) is 12.4. The Morgan fingerprint density at radius 1 is 1.19 bits per heavy atom. The van der Waals surface area contributed by atoms with Crippen LogP contribution in [0.1, 0.15) is 34.3 Å². The third-order valence-corrected chi connectivity index (χ3v) is 2.79. The van der Waals surface area contributed by atoms with Crippen LogP contribution in [0.25, 0.3) is 0 Å². The lowest BCUT2D eigenvalue weighted by Gasteiger charge is -2.23. The molecule has 0 bridgehead atoms. The molecule has 0 atom stereocenters. The minimum atomic E-state index is -1.20. The van der Waals surface area contributed by atoms with Gasteiger partial charge in [-0.1, -0.05) is 13.0 Å². The first kappa shape index (κ1) is 16.6. The highest BCUT2D eigenvalue weighted by atomic mass is 16.4. The van der Waals surface area contributed by atoms with Crippen molar-refractivity contribution in [3.8, 4) is 0 Å². The Morgan fingerprint density at radius 2 is 1.81 bits per heavy atom. The number of carboxylic acid groups (broad SMARTS) is 1. The van der Waals surface area contributed by atoms with Gasteiger partial charge >= 0.3 is 5.97 Å². The van der Waals surface area contributed by atoms with E-state index in [1.165, 1.54) is 28.0 Å². The van der Waals surface area contributed by atoms with Crippen LogP contribution in [0.15, 0.2) is 18.2 Å². The first-order valence-electron chi connectivity index (χ1n) is 6.56. The van der Waals surface area contributed by atoms with Gasteiger partial charge in [0.25, 0.3) is 5.91 Å². The van der Waals surface area contributed by atoms with Gasteiger partial charge in [0.05, 0.1) is 0 Å². The molecule has 1 heterocycles. The van der Waals surface area contributed by atoms with Crippen molar-refractivity contribution in [2.45, 2.75) is 13.3 Å². The van der Waals surface area contributed by atoms with Crippen molar-refractivity contribution >= 4 is 17.8 Å². The van der Waals surface area contributed by atoms with Crippen LogP contribution in [0.5, 0.6) is 0 Å². The zero-order chi connectivity index (χ0) is 16.0. The topological polar surface area (TPSA) is 90.8 Å². The third-order valence-electron chi connectivity index (χ3n) is 2.79. The van der Waals surface area contributed by atoms with Crippen molar-refractivity contribution in [2.24, 2.45) is 0 Å². The Balaban J connectivity index is 2.97. The molecular formula is C14H19N3O4. The lowest BCUT2D eigenvalue weighted by Crippen LogP contribution is -2.41. The quantitative estimate of drug-likeness (QED) is 0.834. The van der Waals surface area contributed by atoms with Gasteiger partial charge in [0.2, 0.25) is 5.91 Å². The Hall–Kier alpha value is -2.44. The number of likely N-dealkylation sites (N-methyl/N-ethyl adjacent to an activating group) is 1. The second kappa shape index (κ2) is 7.37. The summed E-state index contributed by atoms with van der Waals surface area (Å²) in [4.78, 5) is 41.6. The second-order valence-corrected chi connectivity index (χ2v) is 4.73. The van der Waals surface area contributed by atoms with Gasteiger partial charge in [-0.25, -0.2) is 9.78 Å².